The number of hydrogen-bond acceptors (Lipinski definition) is 4. The number of benzene rings is 2. The Balaban J connectivity index is 1.78. The molecular formula is C19H14Cl2N4O4. The maximum atomic E-state index is 13.3. The number of carbonyl (C=O) groups excluding carboxylic acids is 2. The Morgan fingerprint density at radius 3 is 2.62 bits per heavy atom. The zero-order valence-corrected chi connectivity index (χ0v) is 16.6. The van der Waals surface area contributed by atoms with E-state index >= 15 is 0 Å². The number of likely N-dealkylation sites (N-methyl/N-ethyl adjacent to an activating group) is 1. The fourth-order valence-corrected chi connectivity index (χ4v) is 4.04. The van der Waals surface area contributed by atoms with Gasteiger partial charge in [-0.25, -0.2) is 4.79 Å². The highest BCUT2D eigenvalue weighted by molar-refractivity contribution is 6.37. The number of urea groups is 1. The number of nitro groups is 1. The number of hydrogen-bond donors (Lipinski definition) is 1. The van der Waals surface area contributed by atoms with Crippen molar-refractivity contribution in [3.05, 3.63) is 79.5 Å². The summed E-state index contributed by atoms with van der Waals surface area (Å²) in [5, 5.41) is 14.6. The van der Waals surface area contributed by atoms with Crippen molar-refractivity contribution in [2.24, 2.45) is 0 Å². The van der Waals surface area contributed by atoms with Crippen LogP contribution in [0.1, 0.15) is 11.6 Å². The molecule has 29 heavy (non-hydrogen) atoms. The van der Waals surface area contributed by atoms with Crippen LogP contribution in [0, 0.1) is 10.1 Å². The van der Waals surface area contributed by atoms with Crippen LogP contribution in [-0.2, 0) is 4.79 Å². The monoisotopic (exact) mass is 432 g/mol. The number of halogens is 2. The van der Waals surface area contributed by atoms with E-state index in [1.165, 1.54) is 34.1 Å². The molecule has 2 aromatic rings. The summed E-state index contributed by atoms with van der Waals surface area (Å²) in [6.45, 7) is 0.144. The maximum Gasteiger partial charge on any atom is 0.322 e. The second-order valence-corrected chi connectivity index (χ2v) is 7.48. The molecule has 0 radical (unpaired) electrons. The normalized spacial score (nSPS) is 18.8. The highest BCUT2D eigenvalue weighted by Crippen LogP contribution is 2.40. The van der Waals surface area contributed by atoms with E-state index in [0.717, 1.165) is 0 Å². The van der Waals surface area contributed by atoms with Gasteiger partial charge in [0.15, 0.2) is 0 Å². The number of rotatable bonds is 3. The van der Waals surface area contributed by atoms with Gasteiger partial charge < -0.3 is 10.2 Å². The fraction of sp³-hybridized carbons (Fsp3) is 0.158. The quantitative estimate of drug-likeness (QED) is 0.587. The first kappa shape index (κ1) is 19.2. The van der Waals surface area contributed by atoms with Crippen LogP contribution >= 0.6 is 23.2 Å². The summed E-state index contributed by atoms with van der Waals surface area (Å²) < 4.78 is 0. The summed E-state index contributed by atoms with van der Waals surface area (Å²) in [6, 6.07) is 9.45. The Morgan fingerprint density at radius 2 is 1.93 bits per heavy atom. The zero-order chi connectivity index (χ0) is 20.9. The summed E-state index contributed by atoms with van der Waals surface area (Å²) in [5.74, 6) is -0.340. The van der Waals surface area contributed by atoms with Crippen molar-refractivity contribution in [2.45, 2.75) is 6.04 Å². The largest absolute Gasteiger partial charge is 0.327 e. The number of nitro benzene ring substituents is 1. The lowest BCUT2D eigenvalue weighted by Gasteiger charge is -2.30. The Morgan fingerprint density at radius 1 is 1.17 bits per heavy atom. The van der Waals surface area contributed by atoms with Gasteiger partial charge in [0.25, 0.3) is 11.6 Å². The molecule has 0 fully saturated rings. The highest BCUT2D eigenvalue weighted by atomic mass is 35.5. The molecule has 0 spiro atoms. The van der Waals surface area contributed by atoms with Gasteiger partial charge in [-0.05, 0) is 23.8 Å². The van der Waals surface area contributed by atoms with Crippen LogP contribution in [0.4, 0.5) is 16.2 Å². The average molecular weight is 433 g/mol. The van der Waals surface area contributed by atoms with Crippen molar-refractivity contribution in [1.29, 1.82) is 0 Å². The number of anilines is 1. The maximum absolute atomic E-state index is 13.3. The summed E-state index contributed by atoms with van der Waals surface area (Å²) >= 11 is 12.2. The van der Waals surface area contributed by atoms with Gasteiger partial charge in [-0.15, -0.1) is 0 Å². The van der Waals surface area contributed by atoms with Gasteiger partial charge in [0.05, 0.1) is 39.5 Å². The third-order valence-electron chi connectivity index (χ3n) is 4.98. The van der Waals surface area contributed by atoms with Crippen LogP contribution in [0.5, 0.6) is 0 Å². The van der Waals surface area contributed by atoms with E-state index in [-0.39, 0.29) is 18.1 Å². The second kappa shape index (κ2) is 7.06. The summed E-state index contributed by atoms with van der Waals surface area (Å²) in [5.41, 5.74) is 1.65. The van der Waals surface area contributed by atoms with Crippen LogP contribution < -0.4 is 10.2 Å². The standard InChI is InChI=1S/C19H14Cl2N4O4/c1-23-15-9-24(14-6-5-11(20)8-13(14)21)18(26)16(15)17(22-19(23)27)10-3-2-4-12(7-10)25(28)29/h2-8,17H,9H2,1H3,(H,22,27). The molecule has 148 valence electrons. The van der Waals surface area contributed by atoms with Crippen LogP contribution in [-0.4, -0.2) is 35.4 Å². The predicted molar refractivity (Wildman–Crippen MR) is 108 cm³/mol. The average Bonchev–Trinajstić information content (AvgIpc) is 3.02. The molecule has 4 rings (SSSR count). The fourth-order valence-electron chi connectivity index (χ4n) is 3.53. The molecule has 1 unspecified atom stereocenters. The molecule has 1 N–H and O–H groups in total. The minimum Gasteiger partial charge on any atom is -0.327 e. The number of nitrogens with zero attached hydrogens (tertiary/aromatic N) is 3. The van der Waals surface area contributed by atoms with Crippen molar-refractivity contribution in [3.63, 3.8) is 0 Å². The minimum absolute atomic E-state index is 0.124. The Kier molecular flexibility index (Phi) is 4.68. The van der Waals surface area contributed by atoms with Crippen molar-refractivity contribution in [1.82, 2.24) is 10.2 Å². The second-order valence-electron chi connectivity index (χ2n) is 6.64. The number of amides is 3. The highest BCUT2D eigenvalue weighted by Gasteiger charge is 2.44. The summed E-state index contributed by atoms with van der Waals surface area (Å²) in [6.07, 6.45) is 0. The lowest BCUT2D eigenvalue weighted by molar-refractivity contribution is -0.384. The lowest BCUT2D eigenvalue weighted by atomic mass is 9.95. The lowest BCUT2D eigenvalue weighted by Crippen LogP contribution is -2.45. The smallest absolute Gasteiger partial charge is 0.322 e. The molecule has 3 amide bonds. The van der Waals surface area contributed by atoms with Crippen LogP contribution in [0.25, 0.3) is 0 Å². The van der Waals surface area contributed by atoms with Gasteiger partial charge >= 0.3 is 6.03 Å². The van der Waals surface area contributed by atoms with Gasteiger partial charge in [-0.3, -0.25) is 19.8 Å². The van der Waals surface area contributed by atoms with Gasteiger partial charge in [0, 0.05) is 24.2 Å². The first-order valence-corrected chi connectivity index (χ1v) is 9.32. The van der Waals surface area contributed by atoms with E-state index in [1.54, 1.807) is 25.2 Å². The zero-order valence-electron chi connectivity index (χ0n) is 15.1. The Bertz CT molecular complexity index is 1100. The van der Waals surface area contributed by atoms with E-state index in [4.69, 9.17) is 23.2 Å². The molecule has 0 aromatic heterocycles. The van der Waals surface area contributed by atoms with Crippen LogP contribution in [0.15, 0.2) is 53.7 Å². The van der Waals surface area contributed by atoms with Crippen molar-refractivity contribution < 1.29 is 14.5 Å². The molecular weight excluding hydrogens is 419 g/mol. The third-order valence-corrected chi connectivity index (χ3v) is 5.51. The van der Waals surface area contributed by atoms with E-state index in [2.05, 4.69) is 5.32 Å². The molecule has 8 nitrogen and oxygen atoms in total. The molecule has 1 atom stereocenters. The van der Waals surface area contributed by atoms with Crippen molar-refractivity contribution in [3.8, 4) is 0 Å². The topological polar surface area (TPSA) is 95.8 Å². The first-order chi connectivity index (χ1) is 13.8. The van der Waals surface area contributed by atoms with Gasteiger partial charge in [-0.1, -0.05) is 35.3 Å². The van der Waals surface area contributed by atoms with E-state index in [0.29, 0.717) is 32.6 Å². The molecule has 0 saturated heterocycles. The Hall–Kier alpha value is -3.10. The van der Waals surface area contributed by atoms with E-state index in [9.17, 15) is 19.7 Å². The van der Waals surface area contributed by atoms with E-state index < -0.39 is 17.0 Å². The SMILES string of the molecule is CN1C(=O)NC(c2cccc([N+](=O)[O-])c2)C2=C1CN(c1ccc(Cl)cc1Cl)C2=O. The van der Waals surface area contributed by atoms with Crippen molar-refractivity contribution >= 4 is 46.5 Å². The van der Waals surface area contributed by atoms with Crippen molar-refractivity contribution in [2.75, 3.05) is 18.5 Å². The first-order valence-electron chi connectivity index (χ1n) is 8.56. The van der Waals surface area contributed by atoms with Gasteiger partial charge in [0.2, 0.25) is 0 Å². The molecule has 2 aliphatic rings. The van der Waals surface area contributed by atoms with Gasteiger partial charge in [0.1, 0.15) is 0 Å². The number of nitrogens with one attached hydrogen (secondary N) is 1. The molecule has 0 aliphatic carbocycles. The number of carbonyl (C=O) groups is 2. The van der Waals surface area contributed by atoms with Gasteiger partial charge in [-0.2, -0.15) is 0 Å². The van der Waals surface area contributed by atoms with Crippen LogP contribution in [0.2, 0.25) is 10.0 Å². The molecule has 2 aromatic carbocycles. The Labute approximate surface area is 175 Å². The molecule has 10 heteroatoms. The molecule has 0 bridgehead atoms. The predicted octanol–water partition coefficient (Wildman–Crippen LogP) is 3.90. The number of non-ortho nitro benzene ring substituents is 1. The molecule has 2 heterocycles. The molecule has 2 aliphatic heterocycles. The summed E-state index contributed by atoms with van der Waals surface area (Å²) in [4.78, 5) is 39.2. The summed E-state index contributed by atoms with van der Waals surface area (Å²) in [7, 11) is 1.56. The third kappa shape index (κ3) is 3.20. The van der Waals surface area contributed by atoms with Crippen LogP contribution in [0.3, 0.4) is 0 Å². The van der Waals surface area contributed by atoms with E-state index in [1.807, 2.05) is 0 Å². The molecule has 0 saturated carbocycles. The minimum atomic E-state index is -0.808.